The van der Waals surface area contributed by atoms with Crippen molar-refractivity contribution in [3.05, 3.63) is 118 Å². The molecule has 8 nitrogen and oxygen atoms in total. The molecule has 0 radical (unpaired) electrons. The first-order chi connectivity index (χ1) is 18.3. The van der Waals surface area contributed by atoms with Gasteiger partial charge in [-0.3, -0.25) is 23.3 Å². The van der Waals surface area contributed by atoms with Gasteiger partial charge in [0.15, 0.2) is 4.80 Å². The Morgan fingerprint density at radius 3 is 2.50 bits per heavy atom. The number of thiazole rings is 1. The minimum Gasteiger partial charge on any atom is -0.322 e. The summed E-state index contributed by atoms with van der Waals surface area (Å²) in [4.78, 5) is 45.8. The van der Waals surface area contributed by atoms with Gasteiger partial charge in [0.1, 0.15) is 6.04 Å². The third-order valence-electron chi connectivity index (χ3n) is 6.70. The summed E-state index contributed by atoms with van der Waals surface area (Å²) in [6, 6.07) is 18.2. The van der Waals surface area contributed by atoms with Crippen LogP contribution in [-0.4, -0.2) is 19.6 Å². The minimum atomic E-state index is -0.588. The van der Waals surface area contributed by atoms with Gasteiger partial charge in [-0.05, 0) is 54.3 Å². The monoisotopic (exact) mass is 541 g/mol. The number of aryl methyl sites for hydroxylation is 2. The molecule has 5 aromatic rings. The van der Waals surface area contributed by atoms with E-state index in [0.29, 0.717) is 26.3 Å². The highest BCUT2D eigenvalue weighted by Crippen LogP contribution is 2.33. The Kier molecular flexibility index (Phi) is 5.85. The number of amides is 1. The fourth-order valence-electron chi connectivity index (χ4n) is 4.81. The van der Waals surface area contributed by atoms with Crippen LogP contribution in [-0.2, 0) is 18.9 Å². The predicted molar refractivity (Wildman–Crippen MR) is 151 cm³/mol. The van der Waals surface area contributed by atoms with Crippen LogP contribution < -0.4 is 25.9 Å². The fourth-order valence-corrected chi connectivity index (χ4v) is 6.68. The summed E-state index contributed by atoms with van der Waals surface area (Å²) in [5.41, 5.74) is 3.77. The van der Waals surface area contributed by atoms with Gasteiger partial charge in [0.05, 0.1) is 26.8 Å². The topological polar surface area (TPSA) is 90.4 Å². The van der Waals surface area contributed by atoms with Crippen LogP contribution in [0.15, 0.2) is 91.9 Å². The summed E-state index contributed by atoms with van der Waals surface area (Å²) < 4.78 is 5.31. The second-order valence-corrected chi connectivity index (χ2v) is 11.1. The number of imidazole rings is 1. The first-order valence-electron chi connectivity index (χ1n) is 11.9. The Labute approximate surface area is 224 Å². The predicted octanol–water partition coefficient (Wildman–Crippen LogP) is 3.13. The molecule has 4 heterocycles. The molecular weight excluding hydrogens is 518 g/mol. The highest BCUT2D eigenvalue weighted by molar-refractivity contribution is 7.10. The average molecular weight is 542 g/mol. The van der Waals surface area contributed by atoms with Crippen LogP contribution >= 0.6 is 22.7 Å². The number of carbonyl (C=O) groups is 1. The zero-order chi connectivity index (χ0) is 26.6. The SMILES string of the molecule is CC1=C(C(=O)Nc2ccccc2)[C@H](c2cccs2)n2c(s/c(=C/c3ccc4c(c3)n(C)c(=O)n4C)c2=O)=N1. The number of nitrogens with one attached hydrogen (secondary N) is 1. The molecule has 0 fully saturated rings. The Hall–Kier alpha value is -4.28. The summed E-state index contributed by atoms with van der Waals surface area (Å²) >= 11 is 2.79. The fraction of sp³-hybridized carbons (Fsp3) is 0.143. The molecule has 190 valence electrons. The number of benzene rings is 2. The third kappa shape index (κ3) is 3.89. The lowest BCUT2D eigenvalue weighted by Crippen LogP contribution is -2.40. The molecule has 38 heavy (non-hydrogen) atoms. The molecule has 1 atom stereocenters. The maximum absolute atomic E-state index is 13.8. The van der Waals surface area contributed by atoms with Crippen LogP contribution in [0, 0.1) is 0 Å². The van der Waals surface area contributed by atoms with Gasteiger partial charge in [0.25, 0.3) is 11.5 Å². The van der Waals surface area contributed by atoms with E-state index >= 15 is 0 Å². The van der Waals surface area contributed by atoms with Crippen LogP contribution in [0.2, 0.25) is 0 Å². The molecule has 1 aliphatic rings. The number of allylic oxidation sites excluding steroid dienone is 1. The van der Waals surface area contributed by atoms with Gasteiger partial charge in [-0.2, -0.15) is 0 Å². The van der Waals surface area contributed by atoms with Crippen LogP contribution in [0.3, 0.4) is 0 Å². The molecule has 1 amide bonds. The number of rotatable bonds is 4. The number of para-hydroxylation sites is 1. The normalized spacial score (nSPS) is 15.6. The van der Waals surface area contributed by atoms with Crippen molar-refractivity contribution in [3.63, 3.8) is 0 Å². The second-order valence-electron chi connectivity index (χ2n) is 9.07. The number of fused-ring (bicyclic) bond motifs is 2. The van der Waals surface area contributed by atoms with E-state index in [1.54, 1.807) is 34.7 Å². The summed E-state index contributed by atoms with van der Waals surface area (Å²) in [7, 11) is 3.47. The highest BCUT2D eigenvalue weighted by Gasteiger charge is 2.33. The van der Waals surface area contributed by atoms with Crippen molar-refractivity contribution in [2.75, 3.05) is 5.32 Å². The largest absolute Gasteiger partial charge is 0.328 e. The zero-order valence-corrected chi connectivity index (χ0v) is 22.5. The maximum atomic E-state index is 13.8. The van der Waals surface area contributed by atoms with Crippen molar-refractivity contribution < 1.29 is 4.79 Å². The van der Waals surface area contributed by atoms with Gasteiger partial charge in [0, 0.05) is 24.7 Å². The van der Waals surface area contributed by atoms with Gasteiger partial charge in [-0.15, -0.1) is 11.3 Å². The number of hydrogen-bond donors (Lipinski definition) is 1. The Bertz CT molecular complexity index is 1990. The average Bonchev–Trinajstić information content (AvgIpc) is 3.60. The summed E-state index contributed by atoms with van der Waals surface area (Å²) in [6.45, 7) is 1.81. The number of aromatic nitrogens is 3. The molecule has 0 unspecified atom stereocenters. The number of carbonyl (C=O) groups excluding carboxylic acids is 1. The van der Waals surface area contributed by atoms with Crippen molar-refractivity contribution in [3.8, 4) is 0 Å². The van der Waals surface area contributed by atoms with Crippen LogP contribution in [0.25, 0.3) is 17.1 Å². The Balaban J connectivity index is 1.49. The van der Waals surface area contributed by atoms with Gasteiger partial charge in [-0.25, -0.2) is 9.79 Å². The molecular formula is C28H23N5O3S2. The smallest absolute Gasteiger partial charge is 0.322 e. The molecule has 10 heteroatoms. The minimum absolute atomic E-state index is 0.107. The molecule has 1 aliphatic heterocycles. The summed E-state index contributed by atoms with van der Waals surface area (Å²) in [5, 5.41) is 4.90. The number of thiophene rings is 1. The summed E-state index contributed by atoms with van der Waals surface area (Å²) in [6.07, 6.45) is 1.81. The number of anilines is 1. The van der Waals surface area contributed by atoms with Gasteiger partial charge < -0.3 is 5.32 Å². The molecule has 0 bridgehead atoms. The van der Waals surface area contributed by atoms with Crippen molar-refractivity contribution >= 4 is 51.4 Å². The quantitative estimate of drug-likeness (QED) is 0.379. The maximum Gasteiger partial charge on any atom is 0.328 e. The van der Waals surface area contributed by atoms with E-state index in [2.05, 4.69) is 10.3 Å². The standard InChI is InChI=1S/C28H23N5O3S2/c1-16-23(25(34)30-18-8-5-4-6-9-18)24(21-10-7-13-37-21)33-26(35)22(38-27(33)29-16)15-17-11-12-19-20(14-17)32(3)28(36)31(19)2/h4-15,24H,1-3H3,(H,30,34)/b22-15+/t24-/m0/s1. The van der Waals surface area contributed by atoms with Gasteiger partial charge in [-0.1, -0.05) is 41.7 Å². The van der Waals surface area contributed by atoms with Crippen LogP contribution in [0.4, 0.5) is 5.69 Å². The molecule has 1 N–H and O–H groups in total. The van der Waals surface area contributed by atoms with Crippen molar-refractivity contribution in [2.45, 2.75) is 13.0 Å². The molecule has 0 saturated carbocycles. The van der Waals surface area contributed by atoms with E-state index in [4.69, 9.17) is 0 Å². The van der Waals surface area contributed by atoms with Gasteiger partial charge in [0.2, 0.25) is 0 Å². The van der Waals surface area contributed by atoms with E-state index in [9.17, 15) is 14.4 Å². The van der Waals surface area contributed by atoms with Crippen molar-refractivity contribution in [2.24, 2.45) is 19.1 Å². The summed E-state index contributed by atoms with van der Waals surface area (Å²) in [5.74, 6) is -0.291. The van der Waals surface area contributed by atoms with Crippen molar-refractivity contribution in [1.29, 1.82) is 0 Å². The first-order valence-corrected chi connectivity index (χ1v) is 13.6. The lowest BCUT2D eigenvalue weighted by molar-refractivity contribution is -0.113. The molecule has 0 aliphatic carbocycles. The number of hydrogen-bond acceptors (Lipinski definition) is 6. The molecule has 6 rings (SSSR count). The van der Waals surface area contributed by atoms with Crippen LogP contribution in [0.1, 0.15) is 23.4 Å². The Morgan fingerprint density at radius 2 is 1.76 bits per heavy atom. The molecule has 3 aromatic heterocycles. The van der Waals surface area contributed by atoms with E-state index < -0.39 is 6.04 Å². The first kappa shape index (κ1) is 24.1. The second kappa shape index (κ2) is 9.23. The molecule has 0 spiro atoms. The molecule has 2 aromatic carbocycles. The lowest BCUT2D eigenvalue weighted by atomic mass is 10.0. The van der Waals surface area contributed by atoms with E-state index in [0.717, 1.165) is 21.5 Å². The third-order valence-corrected chi connectivity index (χ3v) is 8.61. The highest BCUT2D eigenvalue weighted by atomic mass is 32.1. The van der Waals surface area contributed by atoms with E-state index in [1.165, 1.54) is 22.7 Å². The molecule has 0 saturated heterocycles. The van der Waals surface area contributed by atoms with Gasteiger partial charge >= 0.3 is 5.69 Å². The van der Waals surface area contributed by atoms with Crippen molar-refractivity contribution in [1.82, 2.24) is 13.7 Å². The Morgan fingerprint density at radius 1 is 1.00 bits per heavy atom. The van der Waals surface area contributed by atoms with E-state index in [-0.39, 0.29) is 17.2 Å². The zero-order valence-electron chi connectivity index (χ0n) is 20.8. The lowest BCUT2D eigenvalue weighted by Gasteiger charge is -2.24. The number of nitrogens with zero attached hydrogens (tertiary/aromatic N) is 4. The van der Waals surface area contributed by atoms with E-state index in [1.807, 2.05) is 72.1 Å². The van der Waals surface area contributed by atoms with Crippen LogP contribution in [0.5, 0.6) is 0 Å².